The van der Waals surface area contributed by atoms with Gasteiger partial charge in [0, 0.05) is 18.8 Å². The van der Waals surface area contributed by atoms with E-state index in [0.29, 0.717) is 6.54 Å². The van der Waals surface area contributed by atoms with E-state index in [1.165, 1.54) is 0 Å². The number of carboxylic acids is 1. The van der Waals surface area contributed by atoms with Gasteiger partial charge in [0.2, 0.25) is 5.91 Å². The van der Waals surface area contributed by atoms with E-state index in [4.69, 9.17) is 5.11 Å². The molecular formula is C14H18N2O3. The second kappa shape index (κ2) is 5.30. The van der Waals surface area contributed by atoms with Crippen LogP contribution in [0.15, 0.2) is 18.2 Å². The Morgan fingerprint density at radius 3 is 2.84 bits per heavy atom. The summed E-state index contributed by atoms with van der Waals surface area (Å²) in [6.07, 6.45) is 0.728. The van der Waals surface area contributed by atoms with E-state index in [1.807, 2.05) is 13.8 Å². The number of nitrogens with zero attached hydrogens (tertiary/aromatic N) is 1. The van der Waals surface area contributed by atoms with Crippen LogP contribution in [-0.4, -0.2) is 36.1 Å². The molecule has 19 heavy (non-hydrogen) atoms. The molecule has 1 aromatic carbocycles. The minimum Gasteiger partial charge on any atom is -0.478 e. The molecule has 0 spiro atoms. The maximum Gasteiger partial charge on any atom is 0.335 e. The van der Waals surface area contributed by atoms with Crippen LogP contribution in [0.5, 0.6) is 0 Å². The number of aryl methyl sites for hydroxylation is 1. The number of anilines is 1. The van der Waals surface area contributed by atoms with Crippen molar-refractivity contribution >= 4 is 17.6 Å². The van der Waals surface area contributed by atoms with Crippen molar-refractivity contribution in [3.8, 4) is 0 Å². The zero-order valence-corrected chi connectivity index (χ0v) is 11.1. The zero-order chi connectivity index (χ0) is 14.0. The molecule has 0 aliphatic carbocycles. The number of aromatic carboxylic acids is 1. The normalized spacial score (nSPS) is 19.2. The molecular weight excluding hydrogens is 244 g/mol. The van der Waals surface area contributed by atoms with Gasteiger partial charge in [-0.2, -0.15) is 0 Å². The Labute approximate surface area is 112 Å². The quantitative estimate of drug-likeness (QED) is 0.864. The van der Waals surface area contributed by atoms with Crippen LogP contribution < -0.4 is 10.2 Å². The van der Waals surface area contributed by atoms with Crippen LogP contribution in [0.1, 0.15) is 29.3 Å². The van der Waals surface area contributed by atoms with E-state index in [2.05, 4.69) is 10.2 Å². The second-order valence-electron chi connectivity index (χ2n) is 4.71. The largest absolute Gasteiger partial charge is 0.478 e. The van der Waals surface area contributed by atoms with Gasteiger partial charge in [-0.15, -0.1) is 0 Å². The number of carboxylic acid groups (broad SMARTS) is 1. The number of benzene rings is 1. The maximum atomic E-state index is 11.8. The lowest BCUT2D eigenvalue weighted by Crippen LogP contribution is -2.55. The van der Waals surface area contributed by atoms with Gasteiger partial charge in [-0.1, -0.05) is 6.92 Å². The summed E-state index contributed by atoms with van der Waals surface area (Å²) in [5.74, 6) is -0.895. The van der Waals surface area contributed by atoms with Gasteiger partial charge in [-0.25, -0.2) is 4.79 Å². The van der Waals surface area contributed by atoms with E-state index in [1.54, 1.807) is 18.2 Å². The van der Waals surface area contributed by atoms with Crippen LogP contribution in [0.2, 0.25) is 0 Å². The van der Waals surface area contributed by atoms with Gasteiger partial charge in [0.15, 0.2) is 0 Å². The molecule has 0 bridgehead atoms. The van der Waals surface area contributed by atoms with Gasteiger partial charge in [0.05, 0.1) is 5.56 Å². The fourth-order valence-electron chi connectivity index (χ4n) is 2.52. The van der Waals surface area contributed by atoms with E-state index in [0.717, 1.165) is 24.2 Å². The third kappa shape index (κ3) is 2.54. The summed E-state index contributed by atoms with van der Waals surface area (Å²) in [4.78, 5) is 24.8. The average Bonchev–Trinajstić information content (AvgIpc) is 2.38. The van der Waals surface area contributed by atoms with Gasteiger partial charge >= 0.3 is 5.97 Å². The molecule has 1 heterocycles. The highest BCUT2D eigenvalue weighted by molar-refractivity contribution is 5.90. The predicted molar refractivity (Wildman–Crippen MR) is 72.6 cm³/mol. The number of nitrogens with one attached hydrogen (secondary N) is 1. The number of rotatable bonds is 3. The van der Waals surface area contributed by atoms with Crippen molar-refractivity contribution in [3.05, 3.63) is 29.3 Å². The molecule has 2 rings (SSSR count). The molecule has 5 heteroatoms. The molecule has 1 aliphatic rings. The number of amides is 1. The number of carbonyl (C=O) groups is 2. The van der Waals surface area contributed by atoms with E-state index >= 15 is 0 Å². The van der Waals surface area contributed by atoms with Crippen molar-refractivity contribution in [2.75, 3.05) is 18.0 Å². The summed E-state index contributed by atoms with van der Waals surface area (Å²) in [7, 11) is 0. The van der Waals surface area contributed by atoms with Crippen LogP contribution in [0, 0.1) is 6.92 Å². The van der Waals surface area contributed by atoms with Crippen molar-refractivity contribution in [2.45, 2.75) is 26.3 Å². The standard InChI is InChI=1S/C14H18N2O3/c1-3-11-13(17)15-6-7-16(11)12-5-4-10(14(18)19)8-9(12)2/h4-5,8,11H,3,6-7H2,1-2H3,(H,15,17)(H,18,19). The molecule has 1 unspecified atom stereocenters. The molecule has 102 valence electrons. The average molecular weight is 262 g/mol. The summed E-state index contributed by atoms with van der Waals surface area (Å²) in [6, 6.07) is 4.85. The highest BCUT2D eigenvalue weighted by atomic mass is 16.4. The van der Waals surface area contributed by atoms with E-state index in [-0.39, 0.29) is 17.5 Å². The van der Waals surface area contributed by atoms with Crippen molar-refractivity contribution < 1.29 is 14.7 Å². The fraction of sp³-hybridized carbons (Fsp3) is 0.429. The monoisotopic (exact) mass is 262 g/mol. The minimum atomic E-state index is -0.932. The third-order valence-corrected chi connectivity index (χ3v) is 3.47. The Hall–Kier alpha value is -2.04. The summed E-state index contributed by atoms with van der Waals surface area (Å²) in [5, 5.41) is 11.8. The van der Waals surface area contributed by atoms with Crippen molar-refractivity contribution in [3.63, 3.8) is 0 Å². The lowest BCUT2D eigenvalue weighted by Gasteiger charge is -2.37. The van der Waals surface area contributed by atoms with Crippen LogP contribution in [0.3, 0.4) is 0 Å². The Kier molecular flexibility index (Phi) is 3.74. The van der Waals surface area contributed by atoms with Gasteiger partial charge in [0.1, 0.15) is 6.04 Å². The summed E-state index contributed by atoms with van der Waals surface area (Å²) < 4.78 is 0. The molecule has 5 nitrogen and oxygen atoms in total. The van der Waals surface area contributed by atoms with Gasteiger partial charge in [-0.3, -0.25) is 4.79 Å². The molecule has 0 saturated carbocycles. The van der Waals surface area contributed by atoms with Gasteiger partial charge in [0.25, 0.3) is 0 Å². The molecule has 1 aliphatic heterocycles. The Balaban J connectivity index is 2.35. The lowest BCUT2D eigenvalue weighted by molar-refractivity contribution is -0.123. The number of hydrogen-bond donors (Lipinski definition) is 2. The Morgan fingerprint density at radius 2 is 2.26 bits per heavy atom. The second-order valence-corrected chi connectivity index (χ2v) is 4.71. The zero-order valence-electron chi connectivity index (χ0n) is 11.1. The smallest absolute Gasteiger partial charge is 0.335 e. The summed E-state index contributed by atoms with van der Waals surface area (Å²) >= 11 is 0. The third-order valence-electron chi connectivity index (χ3n) is 3.47. The van der Waals surface area contributed by atoms with E-state index < -0.39 is 5.97 Å². The lowest BCUT2D eigenvalue weighted by atomic mass is 10.0. The first-order valence-electron chi connectivity index (χ1n) is 6.43. The highest BCUT2D eigenvalue weighted by Crippen LogP contribution is 2.25. The number of hydrogen-bond acceptors (Lipinski definition) is 3. The number of piperazine rings is 1. The molecule has 2 N–H and O–H groups in total. The highest BCUT2D eigenvalue weighted by Gasteiger charge is 2.29. The molecule has 1 amide bonds. The van der Waals surface area contributed by atoms with Crippen LogP contribution in [0.25, 0.3) is 0 Å². The Bertz CT molecular complexity index is 513. The summed E-state index contributed by atoms with van der Waals surface area (Å²) in [6.45, 7) is 5.22. The molecule has 0 aromatic heterocycles. The van der Waals surface area contributed by atoms with Crippen molar-refractivity contribution in [1.82, 2.24) is 5.32 Å². The Morgan fingerprint density at radius 1 is 1.53 bits per heavy atom. The first-order valence-corrected chi connectivity index (χ1v) is 6.43. The SMILES string of the molecule is CCC1C(=O)NCCN1c1ccc(C(=O)O)cc1C. The molecule has 1 saturated heterocycles. The van der Waals surface area contributed by atoms with Crippen molar-refractivity contribution in [1.29, 1.82) is 0 Å². The first kappa shape index (κ1) is 13.4. The predicted octanol–water partition coefficient (Wildman–Crippen LogP) is 1.41. The molecule has 1 atom stereocenters. The van der Waals surface area contributed by atoms with Crippen LogP contribution >= 0.6 is 0 Å². The van der Waals surface area contributed by atoms with Gasteiger partial charge in [-0.05, 0) is 37.1 Å². The van der Waals surface area contributed by atoms with Crippen molar-refractivity contribution in [2.24, 2.45) is 0 Å². The summed E-state index contributed by atoms with van der Waals surface area (Å²) in [5.41, 5.74) is 2.09. The molecule has 1 aromatic rings. The van der Waals surface area contributed by atoms with Crippen LogP contribution in [0.4, 0.5) is 5.69 Å². The van der Waals surface area contributed by atoms with Crippen LogP contribution in [-0.2, 0) is 4.79 Å². The topological polar surface area (TPSA) is 69.6 Å². The minimum absolute atomic E-state index is 0.0375. The molecule has 0 radical (unpaired) electrons. The van der Waals surface area contributed by atoms with Gasteiger partial charge < -0.3 is 15.3 Å². The van der Waals surface area contributed by atoms with E-state index in [9.17, 15) is 9.59 Å². The fourth-order valence-corrected chi connectivity index (χ4v) is 2.52. The number of carbonyl (C=O) groups excluding carboxylic acids is 1. The maximum absolute atomic E-state index is 11.8. The molecule has 1 fully saturated rings. The first-order chi connectivity index (χ1) is 9.04.